The van der Waals surface area contributed by atoms with Crippen molar-refractivity contribution >= 4 is 17.9 Å². The van der Waals surface area contributed by atoms with Crippen LogP contribution in [0.1, 0.15) is 62.9 Å². The maximum atomic E-state index is 13.7. The molecule has 1 aliphatic rings. The largest absolute Gasteiger partial charge is 0.352 e. The Labute approximate surface area is 174 Å². The maximum Gasteiger partial charge on any atom is 0.251 e. The van der Waals surface area contributed by atoms with Crippen molar-refractivity contribution in [3.63, 3.8) is 0 Å². The van der Waals surface area contributed by atoms with Gasteiger partial charge in [0.2, 0.25) is 0 Å². The molecule has 1 saturated heterocycles. The molecule has 0 aromatic heterocycles. The zero-order chi connectivity index (χ0) is 20.6. The van der Waals surface area contributed by atoms with Crippen LogP contribution in [0, 0.1) is 11.7 Å². The van der Waals surface area contributed by atoms with Crippen molar-refractivity contribution in [3.05, 3.63) is 35.1 Å². The van der Waals surface area contributed by atoms with E-state index < -0.39 is 0 Å². The average Bonchev–Trinajstić information content (AvgIpc) is 2.63. The predicted molar refractivity (Wildman–Crippen MR) is 117 cm³/mol. The fourth-order valence-corrected chi connectivity index (χ4v) is 4.07. The molecule has 0 saturated carbocycles. The molecule has 28 heavy (non-hydrogen) atoms. The number of aryl methyl sites for hydroxylation is 1. The Morgan fingerprint density at radius 2 is 1.96 bits per heavy atom. The third-order valence-electron chi connectivity index (χ3n) is 4.93. The summed E-state index contributed by atoms with van der Waals surface area (Å²) in [5, 5.41) is 3.01. The molecule has 1 aliphatic heterocycles. The lowest BCUT2D eigenvalue weighted by atomic mass is 9.96. The van der Waals surface area contributed by atoms with Crippen LogP contribution in [0.4, 0.5) is 4.39 Å². The van der Waals surface area contributed by atoms with Crippen molar-refractivity contribution in [2.24, 2.45) is 5.92 Å². The number of halogens is 1. The van der Waals surface area contributed by atoms with Gasteiger partial charge in [-0.05, 0) is 82.8 Å². The minimum absolute atomic E-state index is 0.164. The molecule has 0 radical (unpaired) electrons. The standard InChI is InChI=1S/C22H36FN3OS/c1-5-6-18-13-19(15-20(23)14-18)21(27)24-16-17-7-10-26(11-8-17)12-9-25-28-22(2,3)4/h13-15,17,25H,5-12,16H2,1-4H3,(H,24,27). The Bertz CT molecular complexity index is 625. The number of hydrogen-bond acceptors (Lipinski definition) is 4. The fraction of sp³-hybridized carbons (Fsp3) is 0.682. The summed E-state index contributed by atoms with van der Waals surface area (Å²) in [6.45, 7) is 13.5. The van der Waals surface area contributed by atoms with E-state index in [2.05, 4.69) is 42.6 Å². The number of carbonyl (C=O) groups is 1. The van der Waals surface area contributed by atoms with E-state index in [4.69, 9.17) is 0 Å². The van der Waals surface area contributed by atoms with Crippen LogP contribution in [-0.2, 0) is 6.42 Å². The third-order valence-corrected chi connectivity index (χ3v) is 5.89. The fourth-order valence-electron chi connectivity index (χ4n) is 3.44. The van der Waals surface area contributed by atoms with Crippen LogP contribution in [0.2, 0.25) is 0 Å². The van der Waals surface area contributed by atoms with Crippen LogP contribution < -0.4 is 10.0 Å². The van der Waals surface area contributed by atoms with Crippen molar-refractivity contribution in [1.82, 2.24) is 14.9 Å². The molecule has 1 fully saturated rings. The molecule has 158 valence electrons. The number of nitrogens with one attached hydrogen (secondary N) is 2. The van der Waals surface area contributed by atoms with Gasteiger partial charge in [0.1, 0.15) is 5.82 Å². The monoisotopic (exact) mass is 409 g/mol. The Morgan fingerprint density at radius 3 is 2.61 bits per heavy atom. The number of likely N-dealkylation sites (tertiary alicyclic amines) is 1. The summed E-state index contributed by atoms with van der Waals surface area (Å²) in [6, 6.07) is 4.66. The summed E-state index contributed by atoms with van der Waals surface area (Å²) < 4.78 is 17.4. The highest BCUT2D eigenvalue weighted by Gasteiger charge is 2.20. The summed E-state index contributed by atoms with van der Waals surface area (Å²) in [5.41, 5.74) is 1.32. The van der Waals surface area contributed by atoms with Gasteiger partial charge in [0.25, 0.3) is 5.91 Å². The highest BCUT2D eigenvalue weighted by atomic mass is 32.2. The summed E-state index contributed by atoms with van der Waals surface area (Å²) in [5.74, 6) is 0.00566. The first-order valence-electron chi connectivity index (χ1n) is 10.5. The minimum atomic E-state index is -0.331. The average molecular weight is 410 g/mol. The Hall–Kier alpha value is -1.11. The molecule has 1 heterocycles. The van der Waals surface area contributed by atoms with Crippen LogP contribution in [0.15, 0.2) is 18.2 Å². The quantitative estimate of drug-likeness (QED) is 0.473. The predicted octanol–water partition coefficient (Wildman–Crippen LogP) is 4.26. The lowest BCUT2D eigenvalue weighted by molar-refractivity contribution is 0.0936. The number of carbonyl (C=O) groups excluding carboxylic acids is 1. The molecule has 1 amide bonds. The molecule has 0 atom stereocenters. The van der Waals surface area contributed by atoms with E-state index in [1.165, 1.54) is 12.1 Å². The van der Waals surface area contributed by atoms with Gasteiger partial charge in [-0.15, -0.1) is 0 Å². The highest BCUT2D eigenvalue weighted by Crippen LogP contribution is 2.20. The van der Waals surface area contributed by atoms with E-state index in [9.17, 15) is 9.18 Å². The van der Waals surface area contributed by atoms with Crippen LogP contribution in [0.5, 0.6) is 0 Å². The molecular weight excluding hydrogens is 373 g/mol. The number of amides is 1. The zero-order valence-corrected chi connectivity index (χ0v) is 18.6. The van der Waals surface area contributed by atoms with Gasteiger partial charge in [0.15, 0.2) is 0 Å². The van der Waals surface area contributed by atoms with Gasteiger partial charge in [-0.25, -0.2) is 4.39 Å². The lowest BCUT2D eigenvalue weighted by Gasteiger charge is -2.32. The Morgan fingerprint density at radius 1 is 1.25 bits per heavy atom. The number of nitrogens with zero attached hydrogens (tertiary/aromatic N) is 1. The third kappa shape index (κ3) is 8.50. The van der Waals surface area contributed by atoms with E-state index in [1.54, 1.807) is 11.9 Å². The first-order valence-corrected chi connectivity index (χ1v) is 11.3. The zero-order valence-electron chi connectivity index (χ0n) is 17.8. The second-order valence-electron chi connectivity index (χ2n) is 8.70. The molecule has 2 N–H and O–H groups in total. The van der Waals surface area contributed by atoms with Gasteiger partial charge in [0.05, 0.1) is 0 Å². The van der Waals surface area contributed by atoms with Crippen molar-refractivity contribution in [2.75, 3.05) is 32.7 Å². The number of hydrogen-bond donors (Lipinski definition) is 2. The molecule has 0 unspecified atom stereocenters. The second kappa shape index (κ2) is 11.2. The van der Waals surface area contributed by atoms with Gasteiger partial charge in [-0.2, -0.15) is 0 Å². The summed E-state index contributed by atoms with van der Waals surface area (Å²) >= 11 is 1.79. The van der Waals surface area contributed by atoms with Crippen LogP contribution in [-0.4, -0.2) is 48.3 Å². The molecule has 1 aromatic rings. The Balaban J connectivity index is 1.69. The maximum absolute atomic E-state index is 13.7. The van der Waals surface area contributed by atoms with E-state index in [-0.39, 0.29) is 16.5 Å². The minimum Gasteiger partial charge on any atom is -0.352 e. The smallest absolute Gasteiger partial charge is 0.251 e. The van der Waals surface area contributed by atoms with Crippen molar-refractivity contribution in [3.8, 4) is 0 Å². The van der Waals surface area contributed by atoms with Crippen LogP contribution >= 0.6 is 11.9 Å². The molecule has 4 nitrogen and oxygen atoms in total. The van der Waals surface area contributed by atoms with Gasteiger partial charge in [-0.1, -0.05) is 25.3 Å². The first-order chi connectivity index (χ1) is 13.3. The number of piperidine rings is 1. The summed E-state index contributed by atoms with van der Waals surface area (Å²) in [4.78, 5) is 14.9. The van der Waals surface area contributed by atoms with Gasteiger partial charge >= 0.3 is 0 Å². The van der Waals surface area contributed by atoms with Gasteiger partial charge in [0, 0.05) is 29.9 Å². The van der Waals surface area contributed by atoms with E-state index in [1.807, 2.05) is 6.07 Å². The lowest BCUT2D eigenvalue weighted by Crippen LogP contribution is -2.41. The van der Waals surface area contributed by atoms with Crippen molar-refractivity contribution in [1.29, 1.82) is 0 Å². The summed E-state index contributed by atoms with van der Waals surface area (Å²) in [6.07, 6.45) is 3.92. The number of benzene rings is 1. The molecule has 6 heteroatoms. The number of rotatable bonds is 9. The molecular formula is C22H36FN3OS. The van der Waals surface area contributed by atoms with Gasteiger partial charge in [-0.3, -0.25) is 9.52 Å². The van der Waals surface area contributed by atoms with Crippen molar-refractivity contribution < 1.29 is 9.18 Å². The molecule has 0 aliphatic carbocycles. The van der Waals surface area contributed by atoms with Crippen LogP contribution in [0.3, 0.4) is 0 Å². The van der Waals surface area contributed by atoms with E-state index >= 15 is 0 Å². The van der Waals surface area contributed by atoms with Crippen LogP contribution in [0.25, 0.3) is 0 Å². The molecule has 0 bridgehead atoms. The molecule has 2 rings (SSSR count). The van der Waals surface area contributed by atoms with Crippen molar-refractivity contribution in [2.45, 2.75) is 58.1 Å². The normalized spacial score (nSPS) is 16.3. The Kier molecular flexibility index (Phi) is 9.25. The van der Waals surface area contributed by atoms with E-state index in [0.717, 1.165) is 57.4 Å². The topological polar surface area (TPSA) is 44.4 Å². The van der Waals surface area contributed by atoms with E-state index in [0.29, 0.717) is 18.0 Å². The SMILES string of the molecule is CCCc1cc(F)cc(C(=O)NCC2CCN(CCNSC(C)(C)C)CC2)c1. The second-order valence-corrected chi connectivity index (χ2v) is 10.4. The molecule has 0 spiro atoms. The first kappa shape index (κ1) is 23.2. The highest BCUT2D eigenvalue weighted by molar-refractivity contribution is 7.98. The molecule has 1 aromatic carbocycles. The van der Waals surface area contributed by atoms with Gasteiger partial charge < -0.3 is 10.2 Å². The summed E-state index contributed by atoms with van der Waals surface area (Å²) in [7, 11) is 0.